The quantitative estimate of drug-likeness (QED) is 0.258. The van der Waals surface area contributed by atoms with E-state index in [1.165, 1.54) is 17.0 Å². The van der Waals surface area contributed by atoms with Crippen LogP contribution in [0.2, 0.25) is 0 Å². The molecule has 0 aliphatic rings. The molecule has 8 nitrogen and oxygen atoms in total. The first-order valence-corrected chi connectivity index (χ1v) is 10.7. The number of halogens is 1. The van der Waals surface area contributed by atoms with Gasteiger partial charge in [0.15, 0.2) is 5.75 Å². The molecular formula is C22H23BrN4O4. The number of rotatable bonds is 7. The summed E-state index contributed by atoms with van der Waals surface area (Å²) < 4.78 is 7.66. The second kappa shape index (κ2) is 9.38. The first kappa shape index (κ1) is 22.6. The van der Waals surface area contributed by atoms with Gasteiger partial charge in [0, 0.05) is 22.0 Å². The van der Waals surface area contributed by atoms with E-state index in [2.05, 4.69) is 26.0 Å². The van der Waals surface area contributed by atoms with Gasteiger partial charge in [-0.05, 0) is 43.7 Å². The van der Waals surface area contributed by atoms with Crippen molar-refractivity contribution in [1.29, 1.82) is 0 Å². The van der Waals surface area contributed by atoms with Gasteiger partial charge < -0.3 is 4.74 Å². The molecule has 31 heavy (non-hydrogen) atoms. The minimum Gasteiger partial charge on any atom is -0.484 e. The molecule has 0 radical (unpaired) electrons. The molecule has 0 fully saturated rings. The number of nitrogens with zero attached hydrogens (tertiary/aromatic N) is 4. The maximum Gasteiger partial charge on any atom is 0.311 e. The molecule has 2 aromatic carbocycles. The first-order valence-electron chi connectivity index (χ1n) is 9.93. The molecule has 0 aliphatic heterocycles. The summed E-state index contributed by atoms with van der Waals surface area (Å²) in [6, 6.07) is 9.90. The van der Waals surface area contributed by atoms with Gasteiger partial charge >= 0.3 is 5.69 Å². The number of aromatic nitrogens is 2. The predicted octanol–water partition coefficient (Wildman–Crippen LogP) is 5.25. The highest BCUT2D eigenvalue weighted by atomic mass is 79.9. The zero-order valence-electron chi connectivity index (χ0n) is 17.7. The van der Waals surface area contributed by atoms with Crippen LogP contribution in [0.4, 0.5) is 5.69 Å². The zero-order valence-corrected chi connectivity index (χ0v) is 19.3. The number of nitro groups is 1. The van der Waals surface area contributed by atoms with E-state index in [-0.39, 0.29) is 29.0 Å². The van der Waals surface area contributed by atoms with Gasteiger partial charge in [-0.1, -0.05) is 36.7 Å². The summed E-state index contributed by atoms with van der Waals surface area (Å²) in [5.74, 6) is 0.648. The molecule has 3 aromatic rings. The Balaban J connectivity index is 2.07. The largest absolute Gasteiger partial charge is 0.484 e. The van der Waals surface area contributed by atoms with Gasteiger partial charge in [-0.15, -0.1) is 0 Å². The third-order valence-corrected chi connectivity index (χ3v) is 5.25. The average Bonchev–Trinajstić information content (AvgIpc) is 2.73. The third-order valence-electron chi connectivity index (χ3n) is 4.75. The lowest BCUT2D eigenvalue weighted by atomic mass is 10.2. The highest BCUT2D eigenvalue weighted by Gasteiger charge is 2.18. The Morgan fingerprint density at radius 1 is 1.26 bits per heavy atom. The topological polar surface area (TPSA) is 99.6 Å². The van der Waals surface area contributed by atoms with Crippen LogP contribution in [-0.4, -0.2) is 26.9 Å². The van der Waals surface area contributed by atoms with Crippen LogP contribution in [0, 0.1) is 10.1 Å². The fraction of sp³-hybridized carbons (Fsp3) is 0.318. The summed E-state index contributed by atoms with van der Waals surface area (Å²) in [4.78, 5) is 28.7. The fourth-order valence-electron chi connectivity index (χ4n) is 2.93. The Bertz CT molecular complexity index is 1220. The van der Waals surface area contributed by atoms with Gasteiger partial charge in [-0.25, -0.2) is 4.98 Å². The van der Waals surface area contributed by atoms with Crippen LogP contribution >= 0.6 is 15.9 Å². The molecule has 162 valence electrons. The monoisotopic (exact) mass is 486 g/mol. The molecule has 3 rings (SSSR count). The number of benzene rings is 2. The van der Waals surface area contributed by atoms with Crippen molar-refractivity contribution in [3.05, 3.63) is 72.7 Å². The van der Waals surface area contributed by atoms with Gasteiger partial charge in [0.05, 0.1) is 28.1 Å². The van der Waals surface area contributed by atoms with Gasteiger partial charge in [0.1, 0.15) is 5.82 Å². The Kier molecular flexibility index (Phi) is 6.84. The molecule has 0 spiro atoms. The Morgan fingerprint density at radius 3 is 2.65 bits per heavy atom. The third kappa shape index (κ3) is 4.99. The van der Waals surface area contributed by atoms with E-state index in [9.17, 15) is 14.9 Å². The van der Waals surface area contributed by atoms with E-state index in [1.807, 2.05) is 33.8 Å². The second-order valence-electron chi connectivity index (χ2n) is 7.47. The van der Waals surface area contributed by atoms with Crippen LogP contribution in [0.15, 0.2) is 50.8 Å². The summed E-state index contributed by atoms with van der Waals surface area (Å²) in [5.41, 5.74) is 0.600. The molecule has 1 heterocycles. The normalized spacial score (nSPS) is 12.6. The van der Waals surface area contributed by atoms with Crippen LogP contribution in [0.5, 0.6) is 5.75 Å². The maximum absolute atomic E-state index is 13.1. The van der Waals surface area contributed by atoms with Gasteiger partial charge in [0.25, 0.3) is 5.56 Å². The number of nitro benzene ring substituents is 1. The molecule has 0 N–H and O–H groups in total. The molecule has 1 atom stereocenters. The van der Waals surface area contributed by atoms with E-state index >= 15 is 0 Å². The van der Waals surface area contributed by atoms with E-state index in [4.69, 9.17) is 4.74 Å². The molecule has 0 saturated heterocycles. The molecular weight excluding hydrogens is 464 g/mol. The van der Waals surface area contributed by atoms with E-state index in [0.717, 1.165) is 10.9 Å². The summed E-state index contributed by atoms with van der Waals surface area (Å²) in [5, 5.41) is 16.3. The van der Waals surface area contributed by atoms with Crippen molar-refractivity contribution in [2.45, 2.75) is 46.1 Å². The van der Waals surface area contributed by atoms with Crippen molar-refractivity contribution >= 4 is 38.7 Å². The molecule has 1 aromatic heterocycles. The number of hydrogen-bond acceptors (Lipinski definition) is 6. The van der Waals surface area contributed by atoms with Gasteiger partial charge in [0.2, 0.25) is 0 Å². The number of ether oxygens (including phenoxy) is 1. The fourth-order valence-corrected chi connectivity index (χ4v) is 3.29. The Hall–Kier alpha value is -3.07. The minimum absolute atomic E-state index is 0.0569. The highest BCUT2D eigenvalue weighted by Crippen LogP contribution is 2.29. The summed E-state index contributed by atoms with van der Waals surface area (Å²) >= 11 is 3.37. The first-order chi connectivity index (χ1) is 14.7. The van der Waals surface area contributed by atoms with Crippen molar-refractivity contribution < 1.29 is 9.66 Å². The molecule has 0 saturated carbocycles. The molecule has 0 unspecified atom stereocenters. The lowest BCUT2D eigenvalue weighted by molar-refractivity contribution is -0.386. The lowest BCUT2D eigenvalue weighted by Gasteiger charge is -2.13. The minimum atomic E-state index is -0.490. The average molecular weight is 487 g/mol. The second-order valence-corrected chi connectivity index (χ2v) is 8.38. The van der Waals surface area contributed by atoms with Crippen molar-refractivity contribution in [3.63, 3.8) is 0 Å². The van der Waals surface area contributed by atoms with Crippen molar-refractivity contribution in [1.82, 2.24) is 9.66 Å². The Morgan fingerprint density at radius 2 is 2.00 bits per heavy atom. The summed E-state index contributed by atoms with van der Waals surface area (Å²) in [6.07, 6.45) is 2.00. The maximum atomic E-state index is 13.1. The molecule has 0 amide bonds. The SMILES string of the molecule is CC[C@H](C)Oc1ccc(C=Nn2c(C(C)C)nc3ccc(Br)cc3c2=O)cc1[N+](=O)[O-]. The predicted molar refractivity (Wildman–Crippen MR) is 124 cm³/mol. The van der Waals surface area contributed by atoms with E-state index in [1.54, 1.807) is 24.3 Å². The van der Waals surface area contributed by atoms with Crippen molar-refractivity contribution in [2.24, 2.45) is 5.10 Å². The molecule has 0 bridgehead atoms. The number of fused-ring (bicyclic) bond motifs is 1. The van der Waals surface area contributed by atoms with Crippen LogP contribution in [0.25, 0.3) is 10.9 Å². The summed E-state index contributed by atoms with van der Waals surface area (Å²) in [6.45, 7) is 7.64. The number of hydrogen-bond donors (Lipinski definition) is 0. The van der Waals surface area contributed by atoms with Crippen LogP contribution in [0.3, 0.4) is 0 Å². The lowest BCUT2D eigenvalue weighted by Crippen LogP contribution is -2.23. The van der Waals surface area contributed by atoms with Crippen molar-refractivity contribution in [3.8, 4) is 5.75 Å². The van der Waals surface area contributed by atoms with Crippen LogP contribution in [-0.2, 0) is 0 Å². The van der Waals surface area contributed by atoms with E-state index in [0.29, 0.717) is 22.3 Å². The Labute approximate surface area is 187 Å². The van der Waals surface area contributed by atoms with Crippen molar-refractivity contribution in [2.75, 3.05) is 0 Å². The van der Waals surface area contributed by atoms with E-state index < -0.39 is 4.92 Å². The smallest absolute Gasteiger partial charge is 0.311 e. The molecule has 0 aliphatic carbocycles. The standard InChI is InChI=1S/C22H23BrN4O4/c1-5-14(4)31-20-9-6-15(10-19(20)27(29)30)12-24-26-21(13(2)3)25-18-8-7-16(23)11-17(18)22(26)28/h6-14H,5H2,1-4H3/t14-/m0/s1. The molecule has 9 heteroatoms. The highest BCUT2D eigenvalue weighted by molar-refractivity contribution is 9.10. The zero-order chi connectivity index (χ0) is 22.7. The van der Waals surface area contributed by atoms with Crippen LogP contribution in [0.1, 0.15) is 51.4 Å². The van der Waals surface area contributed by atoms with Gasteiger partial charge in [-0.3, -0.25) is 14.9 Å². The van der Waals surface area contributed by atoms with Crippen LogP contribution < -0.4 is 10.3 Å². The van der Waals surface area contributed by atoms with Gasteiger partial charge in [-0.2, -0.15) is 9.78 Å². The summed E-state index contributed by atoms with van der Waals surface area (Å²) in [7, 11) is 0.